The Hall–Kier alpha value is -3.35. The molecule has 2 aromatic carbocycles. The highest BCUT2D eigenvalue weighted by atomic mass is 16.5. The van der Waals surface area contributed by atoms with Crippen LogP contribution in [-0.2, 0) is 9.59 Å². The summed E-state index contributed by atoms with van der Waals surface area (Å²) in [5.41, 5.74) is 3.92. The summed E-state index contributed by atoms with van der Waals surface area (Å²) >= 11 is 0. The predicted molar refractivity (Wildman–Crippen MR) is 95.0 cm³/mol. The first-order valence-electron chi connectivity index (χ1n) is 7.48. The molecule has 0 radical (unpaired) electrons. The Balaban J connectivity index is 2.05. The maximum absolute atomic E-state index is 11.9. The molecule has 0 saturated carbocycles. The van der Waals surface area contributed by atoms with Gasteiger partial charge in [0.2, 0.25) is 0 Å². The summed E-state index contributed by atoms with van der Waals surface area (Å²) < 4.78 is 10.4. The Bertz CT molecular complexity index is 788. The maximum atomic E-state index is 11.9. The lowest BCUT2D eigenvalue weighted by Gasteiger charge is -2.10. The summed E-state index contributed by atoms with van der Waals surface area (Å²) in [5, 5.41) is 6.44. The first-order chi connectivity index (χ1) is 12.0. The van der Waals surface area contributed by atoms with E-state index in [1.807, 2.05) is 6.07 Å². The Kier molecular flexibility index (Phi) is 6.11. The van der Waals surface area contributed by atoms with Gasteiger partial charge < -0.3 is 14.8 Å². The van der Waals surface area contributed by atoms with Crippen molar-refractivity contribution in [2.24, 2.45) is 5.10 Å². The van der Waals surface area contributed by atoms with Crippen molar-refractivity contribution in [1.82, 2.24) is 5.43 Å². The van der Waals surface area contributed by atoms with Gasteiger partial charge in [-0.05, 0) is 31.2 Å². The van der Waals surface area contributed by atoms with Crippen molar-refractivity contribution in [3.63, 3.8) is 0 Å². The number of ether oxygens (including phenoxy) is 2. The molecule has 2 rings (SSSR count). The van der Waals surface area contributed by atoms with Gasteiger partial charge in [0.25, 0.3) is 0 Å². The van der Waals surface area contributed by atoms with Crippen molar-refractivity contribution in [1.29, 1.82) is 0 Å². The van der Waals surface area contributed by atoms with Gasteiger partial charge in [-0.3, -0.25) is 9.59 Å². The molecule has 25 heavy (non-hydrogen) atoms. The second kappa shape index (κ2) is 8.49. The number of carbonyl (C=O) groups excluding carboxylic acids is 2. The predicted octanol–water partition coefficient (Wildman–Crippen LogP) is 2.18. The Labute approximate surface area is 145 Å². The van der Waals surface area contributed by atoms with Crippen LogP contribution in [0.15, 0.2) is 53.6 Å². The number of benzene rings is 2. The minimum absolute atomic E-state index is 0.486. The van der Waals surface area contributed by atoms with E-state index in [1.165, 1.54) is 7.11 Å². The Morgan fingerprint density at radius 1 is 0.960 bits per heavy atom. The molecule has 0 aromatic heterocycles. The van der Waals surface area contributed by atoms with Gasteiger partial charge in [0.1, 0.15) is 11.5 Å². The number of nitrogens with one attached hydrogen (secondary N) is 2. The molecule has 0 saturated heterocycles. The second-order valence-corrected chi connectivity index (χ2v) is 5.02. The SMILES string of the molecule is COc1ccc(/C(C)=N\NC(=O)C(=O)Nc2ccccc2)c(OC)c1. The van der Waals surface area contributed by atoms with Crippen LogP contribution in [0.2, 0.25) is 0 Å². The molecular formula is C18H19N3O4. The fraction of sp³-hybridized carbons (Fsp3) is 0.167. The molecule has 0 spiro atoms. The average molecular weight is 341 g/mol. The molecule has 0 aliphatic heterocycles. The van der Waals surface area contributed by atoms with Crippen LogP contribution in [0.25, 0.3) is 0 Å². The van der Waals surface area contributed by atoms with E-state index in [0.717, 1.165) is 0 Å². The lowest BCUT2D eigenvalue weighted by atomic mass is 10.1. The zero-order valence-electron chi connectivity index (χ0n) is 14.2. The topological polar surface area (TPSA) is 89.0 Å². The number of methoxy groups -OCH3 is 2. The van der Waals surface area contributed by atoms with Crippen molar-refractivity contribution >= 4 is 23.2 Å². The van der Waals surface area contributed by atoms with E-state index in [4.69, 9.17) is 9.47 Å². The van der Waals surface area contributed by atoms with Crippen molar-refractivity contribution in [3.8, 4) is 11.5 Å². The lowest BCUT2D eigenvalue weighted by Crippen LogP contribution is -2.32. The minimum atomic E-state index is -0.865. The molecule has 0 atom stereocenters. The summed E-state index contributed by atoms with van der Waals surface area (Å²) in [5.74, 6) is -0.483. The molecule has 2 aromatic rings. The van der Waals surface area contributed by atoms with Gasteiger partial charge >= 0.3 is 11.8 Å². The summed E-state index contributed by atoms with van der Waals surface area (Å²) in [6, 6.07) is 13.9. The normalized spacial score (nSPS) is 10.8. The van der Waals surface area contributed by atoms with Crippen LogP contribution in [-0.4, -0.2) is 31.7 Å². The van der Waals surface area contributed by atoms with Crippen LogP contribution >= 0.6 is 0 Å². The molecule has 7 heteroatoms. The second-order valence-electron chi connectivity index (χ2n) is 5.02. The molecule has 130 valence electrons. The number of para-hydroxylation sites is 1. The van der Waals surface area contributed by atoms with E-state index in [1.54, 1.807) is 56.5 Å². The molecule has 0 fully saturated rings. The van der Waals surface area contributed by atoms with E-state index < -0.39 is 11.8 Å². The molecular weight excluding hydrogens is 322 g/mol. The van der Waals surface area contributed by atoms with Crippen molar-refractivity contribution < 1.29 is 19.1 Å². The Morgan fingerprint density at radius 3 is 2.32 bits per heavy atom. The average Bonchev–Trinajstić information content (AvgIpc) is 2.65. The highest BCUT2D eigenvalue weighted by Gasteiger charge is 2.14. The van der Waals surface area contributed by atoms with Crippen molar-refractivity contribution in [3.05, 3.63) is 54.1 Å². The van der Waals surface area contributed by atoms with Crippen LogP contribution in [0, 0.1) is 0 Å². The number of hydrazone groups is 1. The third kappa shape index (κ3) is 4.81. The molecule has 0 aliphatic rings. The van der Waals surface area contributed by atoms with E-state index >= 15 is 0 Å². The fourth-order valence-corrected chi connectivity index (χ4v) is 2.05. The highest BCUT2D eigenvalue weighted by molar-refractivity contribution is 6.39. The van der Waals surface area contributed by atoms with Crippen LogP contribution in [0.1, 0.15) is 12.5 Å². The number of nitrogens with zero attached hydrogens (tertiary/aromatic N) is 1. The van der Waals surface area contributed by atoms with Crippen LogP contribution in [0.4, 0.5) is 5.69 Å². The number of hydrogen-bond donors (Lipinski definition) is 2. The molecule has 0 unspecified atom stereocenters. The zero-order valence-corrected chi connectivity index (χ0v) is 14.2. The van der Waals surface area contributed by atoms with Gasteiger partial charge in [-0.1, -0.05) is 18.2 Å². The van der Waals surface area contributed by atoms with Gasteiger partial charge in [0.15, 0.2) is 0 Å². The summed E-state index contributed by atoms with van der Waals surface area (Å²) in [6.45, 7) is 1.69. The largest absolute Gasteiger partial charge is 0.497 e. The van der Waals surface area contributed by atoms with E-state index in [-0.39, 0.29) is 0 Å². The van der Waals surface area contributed by atoms with Gasteiger partial charge in [0.05, 0.1) is 19.9 Å². The van der Waals surface area contributed by atoms with E-state index in [2.05, 4.69) is 15.8 Å². The zero-order chi connectivity index (χ0) is 18.2. The van der Waals surface area contributed by atoms with Gasteiger partial charge in [-0.25, -0.2) is 5.43 Å². The number of amides is 2. The van der Waals surface area contributed by atoms with Crippen LogP contribution < -0.4 is 20.2 Å². The van der Waals surface area contributed by atoms with Gasteiger partial charge in [0, 0.05) is 17.3 Å². The summed E-state index contributed by atoms with van der Waals surface area (Å²) in [4.78, 5) is 23.7. The molecule has 7 nitrogen and oxygen atoms in total. The number of rotatable bonds is 5. The molecule has 2 N–H and O–H groups in total. The fourth-order valence-electron chi connectivity index (χ4n) is 2.05. The molecule has 0 heterocycles. The minimum Gasteiger partial charge on any atom is -0.497 e. The quantitative estimate of drug-likeness (QED) is 0.496. The van der Waals surface area contributed by atoms with Gasteiger partial charge in [-0.2, -0.15) is 5.10 Å². The highest BCUT2D eigenvalue weighted by Crippen LogP contribution is 2.25. The third-order valence-corrected chi connectivity index (χ3v) is 3.36. The number of anilines is 1. The smallest absolute Gasteiger partial charge is 0.329 e. The Morgan fingerprint density at radius 2 is 1.68 bits per heavy atom. The lowest BCUT2D eigenvalue weighted by molar-refractivity contribution is -0.136. The van der Waals surface area contributed by atoms with Crippen LogP contribution in [0.3, 0.4) is 0 Å². The first kappa shape index (κ1) is 18.0. The summed E-state index contributed by atoms with van der Waals surface area (Å²) in [6.07, 6.45) is 0. The standard InChI is InChI=1S/C18H19N3O4/c1-12(15-10-9-14(24-2)11-16(15)25-3)20-21-18(23)17(22)19-13-7-5-4-6-8-13/h4-11H,1-3H3,(H,19,22)(H,21,23)/b20-12-. The molecule has 0 aliphatic carbocycles. The number of hydrogen-bond acceptors (Lipinski definition) is 5. The van der Waals surface area contributed by atoms with Gasteiger partial charge in [-0.15, -0.1) is 0 Å². The first-order valence-corrected chi connectivity index (χ1v) is 7.48. The van der Waals surface area contributed by atoms with Crippen LogP contribution in [0.5, 0.6) is 11.5 Å². The van der Waals surface area contributed by atoms with E-state index in [0.29, 0.717) is 28.5 Å². The number of carbonyl (C=O) groups is 2. The monoisotopic (exact) mass is 341 g/mol. The van der Waals surface area contributed by atoms with E-state index in [9.17, 15) is 9.59 Å². The van der Waals surface area contributed by atoms with Crippen molar-refractivity contribution in [2.45, 2.75) is 6.92 Å². The molecule has 0 bridgehead atoms. The van der Waals surface area contributed by atoms with Crippen molar-refractivity contribution in [2.75, 3.05) is 19.5 Å². The molecule has 2 amide bonds. The third-order valence-electron chi connectivity index (χ3n) is 3.36. The maximum Gasteiger partial charge on any atom is 0.329 e. The summed E-state index contributed by atoms with van der Waals surface area (Å²) in [7, 11) is 3.08.